The molecule has 0 bridgehead atoms. The number of para-hydroxylation sites is 1. The van der Waals surface area contributed by atoms with Gasteiger partial charge in [0.25, 0.3) is 10.0 Å². The number of hydrogen-bond acceptors (Lipinski definition) is 4. The Bertz CT molecular complexity index is 1050. The van der Waals surface area contributed by atoms with E-state index in [1.807, 2.05) is 0 Å². The van der Waals surface area contributed by atoms with Crippen molar-refractivity contribution in [3.05, 3.63) is 53.6 Å². The molecule has 0 aromatic heterocycles. The summed E-state index contributed by atoms with van der Waals surface area (Å²) in [5.74, 6) is -0.0883. The predicted molar refractivity (Wildman–Crippen MR) is 103 cm³/mol. The highest BCUT2D eigenvalue weighted by Gasteiger charge is 2.33. The first-order valence-corrected chi connectivity index (χ1v) is 10.4. The van der Waals surface area contributed by atoms with Gasteiger partial charge in [-0.2, -0.15) is 0 Å². The van der Waals surface area contributed by atoms with Crippen LogP contribution in [0.4, 0.5) is 11.4 Å². The molecule has 0 atom stereocenters. The maximum absolute atomic E-state index is 13.3. The standard InChI is InChI=1S/C20H20N2O4S/c1-14(23)21-11-4-5-15-13-16(8-9-18(15)21)27(25,26)22-12-10-20(24)17-6-2-3-7-19(17)22/h2-3,6-9,13H,4-5,10-12H2,1H3. The number of rotatable bonds is 2. The lowest BCUT2D eigenvalue weighted by atomic mass is 10.0. The molecule has 0 fully saturated rings. The Balaban J connectivity index is 1.77. The van der Waals surface area contributed by atoms with Crippen LogP contribution in [0.1, 0.15) is 35.7 Å². The summed E-state index contributed by atoms with van der Waals surface area (Å²) in [4.78, 5) is 25.8. The van der Waals surface area contributed by atoms with Crippen LogP contribution in [0.3, 0.4) is 0 Å². The number of sulfonamides is 1. The zero-order chi connectivity index (χ0) is 19.2. The first-order chi connectivity index (χ1) is 12.9. The van der Waals surface area contributed by atoms with Crippen molar-refractivity contribution in [2.24, 2.45) is 0 Å². The van der Waals surface area contributed by atoms with E-state index in [0.29, 0.717) is 17.8 Å². The van der Waals surface area contributed by atoms with Crippen molar-refractivity contribution in [2.45, 2.75) is 31.1 Å². The smallest absolute Gasteiger partial charge is 0.264 e. The van der Waals surface area contributed by atoms with Crippen LogP contribution in [0.2, 0.25) is 0 Å². The van der Waals surface area contributed by atoms with Gasteiger partial charge in [-0.3, -0.25) is 13.9 Å². The second-order valence-electron chi connectivity index (χ2n) is 6.83. The maximum Gasteiger partial charge on any atom is 0.264 e. The molecule has 4 rings (SSSR count). The zero-order valence-electron chi connectivity index (χ0n) is 15.0. The number of hydrogen-bond donors (Lipinski definition) is 0. The van der Waals surface area contributed by atoms with Crippen LogP contribution in [0.25, 0.3) is 0 Å². The Hall–Kier alpha value is -2.67. The summed E-state index contributed by atoms with van der Waals surface area (Å²) in [6.07, 6.45) is 1.70. The van der Waals surface area contributed by atoms with Crippen LogP contribution >= 0.6 is 0 Å². The fraction of sp³-hybridized carbons (Fsp3) is 0.300. The summed E-state index contributed by atoms with van der Waals surface area (Å²) in [5.41, 5.74) is 2.51. The first-order valence-electron chi connectivity index (χ1n) is 8.95. The van der Waals surface area contributed by atoms with Gasteiger partial charge in [0.15, 0.2) is 5.78 Å². The normalized spacial score (nSPS) is 16.7. The molecule has 2 aromatic rings. The van der Waals surface area contributed by atoms with E-state index in [2.05, 4.69) is 0 Å². The second kappa shape index (κ2) is 6.49. The number of anilines is 2. The lowest BCUT2D eigenvalue weighted by Gasteiger charge is -2.31. The van der Waals surface area contributed by atoms with Gasteiger partial charge in [0.2, 0.25) is 5.91 Å². The van der Waals surface area contributed by atoms with Crippen LogP contribution in [0, 0.1) is 0 Å². The number of carbonyl (C=O) groups excluding carboxylic acids is 2. The highest BCUT2D eigenvalue weighted by atomic mass is 32.2. The molecule has 0 saturated carbocycles. The summed E-state index contributed by atoms with van der Waals surface area (Å²) >= 11 is 0. The summed E-state index contributed by atoms with van der Waals surface area (Å²) in [6.45, 7) is 2.30. The predicted octanol–water partition coefficient (Wildman–Crippen LogP) is 2.77. The monoisotopic (exact) mass is 384 g/mol. The van der Waals surface area contributed by atoms with E-state index in [1.54, 1.807) is 47.4 Å². The largest absolute Gasteiger partial charge is 0.312 e. The number of amides is 1. The fourth-order valence-electron chi connectivity index (χ4n) is 3.82. The van der Waals surface area contributed by atoms with E-state index < -0.39 is 10.0 Å². The number of fused-ring (bicyclic) bond motifs is 2. The van der Waals surface area contributed by atoms with Gasteiger partial charge in [0, 0.05) is 37.7 Å². The average molecular weight is 384 g/mol. The zero-order valence-corrected chi connectivity index (χ0v) is 15.8. The number of aryl methyl sites for hydroxylation is 1. The number of ketones is 1. The third kappa shape index (κ3) is 2.92. The van der Waals surface area contributed by atoms with Gasteiger partial charge in [-0.05, 0) is 48.7 Å². The van der Waals surface area contributed by atoms with Crippen LogP contribution in [0.15, 0.2) is 47.4 Å². The van der Waals surface area contributed by atoms with Gasteiger partial charge in [-0.25, -0.2) is 8.42 Å². The van der Waals surface area contributed by atoms with Crippen molar-refractivity contribution in [3.63, 3.8) is 0 Å². The van der Waals surface area contributed by atoms with Crippen molar-refractivity contribution in [3.8, 4) is 0 Å². The molecule has 0 N–H and O–H groups in total. The Labute approximate surface area is 158 Å². The molecule has 2 heterocycles. The molecule has 0 radical (unpaired) electrons. The van der Waals surface area contributed by atoms with E-state index in [-0.39, 0.29) is 29.6 Å². The summed E-state index contributed by atoms with van der Waals surface area (Å²) < 4.78 is 27.9. The van der Waals surface area contributed by atoms with E-state index in [0.717, 1.165) is 24.1 Å². The van der Waals surface area contributed by atoms with Crippen LogP contribution < -0.4 is 9.21 Å². The Kier molecular flexibility index (Phi) is 4.26. The Morgan fingerprint density at radius 3 is 2.56 bits per heavy atom. The third-order valence-corrected chi connectivity index (χ3v) is 6.96. The molecule has 0 aliphatic carbocycles. The molecule has 27 heavy (non-hydrogen) atoms. The van der Waals surface area contributed by atoms with Crippen molar-refractivity contribution >= 4 is 33.1 Å². The van der Waals surface area contributed by atoms with Crippen LogP contribution in [0.5, 0.6) is 0 Å². The quantitative estimate of drug-likeness (QED) is 0.798. The average Bonchev–Trinajstić information content (AvgIpc) is 2.67. The minimum atomic E-state index is -3.79. The molecule has 0 spiro atoms. The molecule has 6 nitrogen and oxygen atoms in total. The number of Topliss-reactive ketones (excluding diaryl/α,β-unsaturated/α-hetero) is 1. The van der Waals surface area contributed by atoms with Gasteiger partial charge in [-0.1, -0.05) is 12.1 Å². The Morgan fingerprint density at radius 1 is 1.00 bits per heavy atom. The molecule has 140 valence electrons. The lowest BCUT2D eigenvalue weighted by Crippen LogP contribution is -2.37. The lowest BCUT2D eigenvalue weighted by molar-refractivity contribution is -0.116. The van der Waals surface area contributed by atoms with E-state index in [1.165, 1.54) is 11.2 Å². The number of nitrogens with zero attached hydrogens (tertiary/aromatic N) is 2. The van der Waals surface area contributed by atoms with Gasteiger partial charge in [0.05, 0.1) is 10.6 Å². The summed E-state index contributed by atoms with van der Waals surface area (Å²) in [6, 6.07) is 11.7. The van der Waals surface area contributed by atoms with E-state index in [4.69, 9.17) is 0 Å². The van der Waals surface area contributed by atoms with Gasteiger partial charge in [0.1, 0.15) is 0 Å². The molecule has 0 saturated heterocycles. The number of carbonyl (C=O) groups is 2. The second-order valence-corrected chi connectivity index (χ2v) is 8.69. The topological polar surface area (TPSA) is 74.8 Å². The molecule has 0 unspecified atom stereocenters. The maximum atomic E-state index is 13.3. The highest BCUT2D eigenvalue weighted by Crippen LogP contribution is 2.34. The van der Waals surface area contributed by atoms with Gasteiger partial charge < -0.3 is 4.90 Å². The SMILES string of the molecule is CC(=O)N1CCCc2cc(S(=O)(=O)N3CCC(=O)c4ccccc43)ccc21. The molecule has 2 aromatic carbocycles. The molecule has 7 heteroatoms. The van der Waals surface area contributed by atoms with E-state index in [9.17, 15) is 18.0 Å². The van der Waals surface area contributed by atoms with Crippen LogP contribution in [-0.4, -0.2) is 33.2 Å². The molecular formula is C20H20N2O4S. The molecule has 1 amide bonds. The highest BCUT2D eigenvalue weighted by molar-refractivity contribution is 7.92. The van der Waals surface area contributed by atoms with Crippen molar-refractivity contribution in [2.75, 3.05) is 22.3 Å². The summed E-state index contributed by atoms with van der Waals surface area (Å²) in [5, 5.41) is 0. The van der Waals surface area contributed by atoms with Crippen molar-refractivity contribution in [1.29, 1.82) is 0 Å². The minimum Gasteiger partial charge on any atom is -0.312 e. The first kappa shape index (κ1) is 17.7. The van der Waals surface area contributed by atoms with Gasteiger partial charge in [-0.15, -0.1) is 0 Å². The van der Waals surface area contributed by atoms with Crippen molar-refractivity contribution in [1.82, 2.24) is 0 Å². The number of benzene rings is 2. The molecule has 2 aliphatic heterocycles. The van der Waals surface area contributed by atoms with Crippen LogP contribution in [-0.2, 0) is 21.2 Å². The minimum absolute atomic E-state index is 0.0420. The van der Waals surface area contributed by atoms with Crippen molar-refractivity contribution < 1.29 is 18.0 Å². The van der Waals surface area contributed by atoms with Gasteiger partial charge >= 0.3 is 0 Å². The Morgan fingerprint density at radius 2 is 1.78 bits per heavy atom. The molecule has 2 aliphatic rings. The fourth-order valence-corrected chi connectivity index (χ4v) is 5.36. The summed E-state index contributed by atoms with van der Waals surface area (Å²) in [7, 11) is -3.79. The molecular weight excluding hydrogens is 364 g/mol. The third-order valence-electron chi connectivity index (χ3n) is 5.15. The van der Waals surface area contributed by atoms with E-state index >= 15 is 0 Å².